The molecule has 0 aliphatic rings. The van der Waals surface area contributed by atoms with Crippen LogP contribution in [0.4, 0.5) is 0 Å². The molecule has 1 aromatic carbocycles. The summed E-state index contributed by atoms with van der Waals surface area (Å²) < 4.78 is 10.2. The van der Waals surface area contributed by atoms with Crippen molar-refractivity contribution in [3.05, 3.63) is 29.0 Å². The zero-order valence-electron chi connectivity index (χ0n) is 8.61. The summed E-state index contributed by atoms with van der Waals surface area (Å²) in [6, 6.07) is 5.17. The molecule has 0 aliphatic heterocycles. The first-order chi connectivity index (χ1) is 7.74. The second kappa shape index (κ2) is 4.51. The second-order valence-electron chi connectivity index (χ2n) is 3.06. The van der Waals surface area contributed by atoms with Gasteiger partial charge in [-0.05, 0) is 18.2 Å². The summed E-state index contributed by atoms with van der Waals surface area (Å²) in [5, 5.41) is 4.29. The van der Waals surface area contributed by atoms with E-state index < -0.39 is 0 Å². The zero-order chi connectivity index (χ0) is 11.5. The molecule has 0 atom stereocenters. The number of benzene rings is 1. The fourth-order valence-corrected chi connectivity index (χ4v) is 1.45. The molecule has 0 radical (unpaired) electrons. The molecule has 0 fully saturated rings. The molecule has 0 unspecified atom stereocenters. The van der Waals surface area contributed by atoms with E-state index in [0.717, 1.165) is 0 Å². The Hall–Kier alpha value is -1.59. The lowest BCUT2D eigenvalue weighted by molar-refractivity contribution is 0.403. The van der Waals surface area contributed by atoms with Crippen molar-refractivity contribution in [2.75, 3.05) is 7.11 Å². The predicted octanol–water partition coefficient (Wildman–Crippen LogP) is 1.86. The fourth-order valence-electron chi connectivity index (χ4n) is 1.29. The van der Waals surface area contributed by atoms with Crippen LogP contribution in [0.1, 0.15) is 5.82 Å². The molecule has 2 aromatic rings. The van der Waals surface area contributed by atoms with Crippen molar-refractivity contribution in [3.63, 3.8) is 0 Å². The van der Waals surface area contributed by atoms with Gasteiger partial charge >= 0.3 is 0 Å². The predicted molar refractivity (Wildman–Crippen MR) is 59.2 cm³/mol. The van der Waals surface area contributed by atoms with E-state index in [1.165, 1.54) is 0 Å². The molecule has 0 saturated heterocycles. The Balaban J connectivity index is 2.46. The van der Waals surface area contributed by atoms with Gasteiger partial charge in [0.25, 0.3) is 5.89 Å². The molecule has 0 spiro atoms. The Kier molecular flexibility index (Phi) is 3.07. The maximum Gasteiger partial charge on any atom is 0.261 e. The van der Waals surface area contributed by atoms with Gasteiger partial charge in [-0.3, -0.25) is 0 Å². The van der Waals surface area contributed by atoms with Crippen molar-refractivity contribution in [2.45, 2.75) is 6.54 Å². The number of ether oxygens (including phenoxy) is 1. The van der Waals surface area contributed by atoms with Crippen molar-refractivity contribution >= 4 is 11.6 Å². The summed E-state index contributed by atoms with van der Waals surface area (Å²) in [6.07, 6.45) is 0. The van der Waals surface area contributed by atoms with Crippen LogP contribution in [0.25, 0.3) is 11.5 Å². The van der Waals surface area contributed by atoms with E-state index in [9.17, 15) is 0 Å². The van der Waals surface area contributed by atoms with E-state index in [-0.39, 0.29) is 6.54 Å². The van der Waals surface area contributed by atoms with Gasteiger partial charge in [-0.2, -0.15) is 4.98 Å². The van der Waals surface area contributed by atoms with E-state index >= 15 is 0 Å². The number of hydrogen-bond donors (Lipinski definition) is 1. The van der Waals surface area contributed by atoms with Gasteiger partial charge in [-0.15, -0.1) is 0 Å². The summed E-state index contributed by atoms with van der Waals surface area (Å²) in [4.78, 5) is 4.11. The van der Waals surface area contributed by atoms with Crippen LogP contribution >= 0.6 is 11.6 Å². The lowest BCUT2D eigenvalue weighted by atomic mass is 10.2. The summed E-state index contributed by atoms with van der Waals surface area (Å²) in [6.45, 7) is 0.236. The van der Waals surface area contributed by atoms with Crippen LogP contribution in [0.3, 0.4) is 0 Å². The Morgan fingerprint density at radius 3 is 2.94 bits per heavy atom. The molecular weight excluding hydrogens is 230 g/mol. The van der Waals surface area contributed by atoms with Gasteiger partial charge < -0.3 is 15.0 Å². The van der Waals surface area contributed by atoms with Gasteiger partial charge in [0.05, 0.1) is 19.2 Å². The molecule has 2 rings (SSSR count). The second-order valence-corrected chi connectivity index (χ2v) is 3.50. The highest BCUT2D eigenvalue weighted by Crippen LogP contribution is 2.31. The highest BCUT2D eigenvalue weighted by molar-refractivity contribution is 6.30. The smallest absolute Gasteiger partial charge is 0.261 e. The lowest BCUT2D eigenvalue weighted by Gasteiger charge is -2.04. The molecule has 1 aromatic heterocycles. The Labute approximate surface area is 97.2 Å². The first-order valence-electron chi connectivity index (χ1n) is 4.61. The first-order valence-corrected chi connectivity index (χ1v) is 4.99. The quantitative estimate of drug-likeness (QED) is 0.885. The Bertz CT molecular complexity index is 499. The molecule has 1 heterocycles. The number of aromatic nitrogens is 2. The van der Waals surface area contributed by atoms with Crippen LogP contribution in [-0.4, -0.2) is 17.3 Å². The number of methoxy groups -OCH3 is 1. The van der Waals surface area contributed by atoms with E-state index in [2.05, 4.69) is 10.1 Å². The van der Waals surface area contributed by atoms with Gasteiger partial charge in [-0.1, -0.05) is 16.8 Å². The van der Waals surface area contributed by atoms with Crippen LogP contribution in [0.2, 0.25) is 5.02 Å². The maximum atomic E-state index is 5.85. The molecular formula is C10H10ClN3O2. The normalized spacial score (nSPS) is 10.4. The third-order valence-corrected chi connectivity index (χ3v) is 2.28. The molecule has 0 bridgehead atoms. The summed E-state index contributed by atoms with van der Waals surface area (Å²) in [7, 11) is 1.55. The minimum atomic E-state index is 0.236. The van der Waals surface area contributed by atoms with Crippen molar-refractivity contribution in [1.82, 2.24) is 10.1 Å². The molecule has 5 nitrogen and oxygen atoms in total. The van der Waals surface area contributed by atoms with E-state index in [1.807, 2.05) is 0 Å². The summed E-state index contributed by atoms with van der Waals surface area (Å²) in [5.41, 5.74) is 6.09. The molecule has 6 heteroatoms. The van der Waals surface area contributed by atoms with Gasteiger partial charge in [0.2, 0.25) is 0 Å². The number of nitrogens with zero attached hydrogens (tertiary/aromatic N) is 2. The van der Waals surface area contributed by atoms with Crippen molar-refractivity contribution in [2.24, 2.45) is 5.73 Å². The van der Waals surface area contributed by atoms with Gasteiger partial charge in [0.1, 0.15) is 5.75 Å². The van der Waals surface area contributed by atoms with E-state index in [1.54, 1.807) is 25.3 Å². The van der Waals surface area contributed by atoms with Crippen molar-refractivity contribution < 1.29 is 9.26 Å². The molecule has 0 aliphatic carbocycles. The minimum Gasteiger partial charge on any atom is -0.496 e. The third-order valence-electron chi connectivity index (χ3n) is 2.04. The van der Waals surface area contributed by atoms with Crippen LogP contribution in [0.15, 0.2) is 22.7 Å². The van der Waals surface area contributed by atoms with Crippen LogP contribution in [-0.2, 0) is 6.54 Å². The topological polar surface area (TPSA) is 74.2 Å². The number of rotatable bonds is 3. The fraction of sp³-hybridized carbons (Fsp3) is 0.200. The standard InChI is InChI=1S/C10H10ClN3O2/c1-15-8-4-6(11)2-3-7(8)10-13-9(5-12)14-16-10/h2-4H,5,12H2,1H3. The van der Waals surface area contributed by atoms with Gasteiger partial charge in [0, 0.05) is 5.02 Å². The monoisotopic (exact) mass is 239 g/mol. The summed E-state index contributed by atoms with van der Waals surface area (Å²) >= 11 is 5.85. The van der Waals surface area contributed by atoms with E-state index in [4.69, 9.17) is 26.6 Å². The average molecular weight is 240 g/mol. The maximum absolute atomic E-state index is 5.85. The lowest BCUT2D eigenvalue weighted by Crippen LogP contribution is -1.97. The zero-order valence-corrected chi connectivity index (χ0v) is 9.36. The SMILES string of the molecule is COc1cc(Cl)ccc1-c1nc(CN)no1. The molecule has 16 heavy (non-hydrogen) atoms. The Morgan fingerprint density at radius 1 is 1.50 bits per heavy atom. The highest BCUT2D eigenvalue weighted by Gasteiger charge is 2.13. The molecule has 84 valence electrons. The third kappa shape index (κ3) is 2.00. The highest BCUT2D eigenvalue weighted by atomic mass is 35.5. The average Bonchev–Trinajstić information content (AvgIpc) is 2.77. The summed E-state index contributed by atoms with van der Waals surface area (Å²) in [5.74, 6) is 1.40. The van der Waals surface area contributed by atoms with Crippen molar-refractivity contribution in [1.29, 1.82) is 0 Å². The number of halogens is 1. The Morgan fingerprint density at radius 2 is 2.31 bits per heavy atom. The number of nitrogens with two attached hydrogens (primary N) is 1. The molecule has 0 amide bonds. The molecule has 0 saturated carbocycles. The van der Waals surface area contributed by atoms with Crippen molar-refractivity contribution in [3.8, 4) is 17.2 Å². The molecule has 2 N–H and O–H groups in total. The van der Waals surface area contributed by atoms with Crippen LogP contribution in [0, 0.1) is 0 Å². The minimum absolute atomic E-state index is 0.236. The van der Waals surface area contributed by atoms with E-state index in [0.29, 0.717) is 28.1 Å². The largest absolute Gasteiger partial charge is 0.496 e. The first kappa shape index (κ1) is 10.9. The van der Waals surface area contributed by atoms with Gasteiger partial charge in [0.15, 0.2) is 5.82 Å². The van der Waals surface area contributed by atoms with Gasteiger partial charge in [-0.25, -0.2) is 0 Å². The number of hydrogen-bond acceptors (Lipinski definition) is 5. The van der Waals surface area contributed by atoms with Crippen LogP contribution < -0.4 is 10.5 Å². The van der Waals surface area contributed by atoms with Crippen LogP contribution in [0.5, 0.6) is 5.75 Å².